The molecular formula is C52H100NO12P. The second kappa shape index (κ2) is 41.6. The Hall–Kier alpha value is -1.22. The van der Waals surface area contributed by atoms with Gasteiger partial charge in [0.15, 0.2) is 0 Å². The smallest absolute Gasteiger partial charge is 0.393 e. The first-order valence-corrected chi connectivity index (χ1v) is 28.4. The van der Waals surface area contributed by atoms with E-state index in [9.17, 15) is 50.0 Å². The van der Waals surface area contributed by atoms with E-state index in [1.54, 1.807) is 6.08 Å². The van der Waals surface area contributed by atoms with Crippen molar-refractivity contribution < 1.29 is 59.0 Å². The summed E-state index contributed by atoms with van der Waals surface area (Å²) in [5, 5.41) is 74.7. The molecule has 0 bridgehead atoms. The van der Waals surface area contributed by atoms with Crippen LogP contribution in [0, 0.1) is 0 Å². The molecule has 0 spiro atoms. The molecule has 0 aromatic rings. The number of phosphoric ester groups is 1. The Morgan fingerprint density at radius 1 is 0.530 bits per heavy atom. The maximum Gasteiger partial charge on any atom is 0.472 e. The number of aliphatic hydroxyl groups excluding tert-OH is 7. The van der Waals surface area contributed by atoms with Crippen LogP contribution >= 0.6 is 7.82 Å². The van der Waals surface area contributed by atoms with Crippen LogP contribution in [0.4, 0.5) is 0 Å². The first-order chi connectivity index (χ1) is 31.8. The normalized spacial score (nSPS) is 22.5. The molecule has 13 nitrogen and oxygen atoms in total. The van der Waals surface area contributed by atoms with Gasteiger partial charge < -0.3 is 46.0 Å². The minimum Gasteiger partial charge on any atom is -0.393 e. The number of hydrogen-bond acceptors (Lipinski definition) is 11. The molecule has 1 amide bonds. The van der Waals surface area contributed by atoms with Crippen LogP contribution in [-0.2, 0) is 18.4 Å². The van der Waals surface area contributed by atoms with Gasteiger partial charge in [-0.25, -0.2) is 4.57 Å². The number of nitrogens with one attached hydrogen (secondary N) is 1. The molecule has 14 heteroatoms. The van der Waals surface area contributed by atoms with Crippen molar-refractivity contribution in [3.8, 4) is 0 Å². The number of amides is 1. The molecule has 0 saturated heterocycles. The highest BCUT2D eigenvalue weighted by Gasteiger charge is 2.51. The molecule has 1 rings (SSSR count). The Balaban J connectivity index is 2.48. The van der Waals surface area contributed by atoms with Crippen molar-refractivity contribution in [2.75, 3.05) is 6.61 Å². The molecule has 0 heterocycles. The highest BCUT2D eigenvalue weighted by Crippen LogP contribution is 2.47. The van der Waals surface area contributed by atoms with Gasteiger partial charge >= 0.3 is 7.82 Å². The maximum absolute atomic E-state index is 13.1. The summed E-state index contributed by atoms with van der Waals surface area (Å²) in [6.45, 7) is 3.76. The number of allylic oxidation sites excluding steroid dienone is 3. The predicted octanol–water partition coefficient (Wildman–Crippen LogP) is 10.3. The second-order valence-electron chi connectivity index (χ2n) is 19.3. The zero-order chi connectivity index (χ0) is 48.7. The fourth-order valence-corrected chi connectivity index (χ4v) is 9.64. The lowest BCUT2D eigenvalue weighted by Gasteiger charge is -2.41. The molecule has 8 atom stereocenters. The van der Waals surface area contributed by atoms with E-state index < -0.39 is 75.2 Å². The maximum atomic E-state index is 13.1. The molecular weight excluding hydrogens is 862 g/mol. The van der Waals surface area contributed by atoms with Gasteiger partial charge in [0.25, 0.3) is 0 Å². The predicted molar refractivity (Wildman–Crippen MR) is 266 cm³/mol. The molecule has 1 aliphatic rings. The Morgan fingerprint density at radius 3 is 1.33 bits per heavy atom. The first kappa shape index (κ1) is 62.8. The fraction of sp³-hybridized carbons (Fsp3) is 0.904. The van der Waals surface area contributed by atoms with E-state index in [1.807, 2.05) is 0 Å². The van der Waals surface area contributed by atoms with Crippen LogP contribution in [0.15, 0.2) is 24.3 Å². The van der Waals surface area contributed by atoms with E-state index in [-0.39, 0.29) is 6.42 Å². The molecule has 0 aromatic heterocycles. The van der Waals surface area contributed by atoms with Crippen molar-refractivity contribution >= 4 is 13.7 Å². The third-order valence-electron chi connectivity index (χ3n) is 13.0. The second-order valence-corrected chi connectivity index (χ2v) is 20.7. The standard InChI is InChI=1S/C52H100NO12P/c1-3-5-7-9-11-13-15-17-19-21-23-25-27-29-31-33-35-37-39-43(54)41-46(56)53-44(42-64-66(62,63)65-52-50(60)48(58)47(57)49(59)51(52)61)45(55)40-38-36-34-32-30-28-26-24-22-20-18-16-14-12-10-8-6-4-2/h30,32,38,40,43-45,47-52,54-55,57-61H,3-29,31,33-37,39,41-42H2,1-2H3,(H,53,56)(H,62,63)/b32-30+,40-38+. The molecule has 1 saturated carbocycles. The third-order valence-corrected chi connectivity index (χ3v) is 14.0. The number of aliphatic hydroxyl groups is 7. The third kappa shape index (κ3) is 32.6. The lowest BCUT2D eigenvalue weighted by Crippen LogP contribution is -2.64. The molecule has 0 aromatic carbocycles. The first-order valence-electron chi connectivity index (χ1n) is 26.9. The van der Waals surface area contributed by atoms with Crippen LogP contribution in [0.3, 0.4) is 0 Å². The Kier molecular flexibility index (Phi) is 39.5. The van der Waals surface area contributed by atoms with Crippen molar-refractivity contribution in [1.82, 2.24) is 5.32 Å². The Morgan fingerprint density at radius 2 is 0.894 bits per heavy atom. The van der Waals surface area contributed by atoms with Crippen molar-refractivity contribution in [2.45, 2.75) is 293 Å². The average Bonchev–Trinajstić information content (AvgIpc) is 3.29. The summed E-state index contributed by atoms with van der Waals surface area (Å²) in [6.07, 6.45) is 34.0. The number of carbonyl (C=O) groups excluding carboxylic acids is 1. The fourth-order valence-electron chi connectivity index (χ4n) is 8.67. The van der Waals surface area contributed by atoms with Gasteiger partial charge in [-0.05, 0) is 32.1 Å². The molecule has 0 aliphatic heterocycles. The summed E-state index contributed by atoms with van der Waals surface area (Å²) < 4.78 is 22.9. The summed E-state index contributed by atoms with van der Waals surface area (Å²) in [5.41, 5.74) is 0. The summed E-state index contributed by atoms with van der Waals surface area (Å²) in [5.74, 6) is -0.598. The van der Waals surface area contributed by atoms with Gasteiger partial charge in [0, 0.05) is 0 Å². The van der Waals surface area contributed by atoms with E-state index >= 15 is 0 Å². The van der Waals surface area contributed by atoms with Gasteiger partial charge in [0.1, 0.15) is 36.6 Å². The quantitative estimate of drug-likeness (QED) is 0.0158. The van der Waals surface area contributed by atoms with Crippen LogP contribution in [0.5, 0.6) is 0 Å². The van der Waals surface area contributed by atoms with Crippen LogP contribution in [-0.4, -0.2) is 108 Å². The summed E-state index contributed by atoms with van der Waals surface area (Å²) in [6, 6.07) is -1.25. The van der Waals surface area contributed by atoms with Crippen LogP contribution in [0.25, 0.3) is 0 Å². The van der Waals surface area contributed by atoms with Gasteiger partial charge in [-0.15, -0.1) is 0 Å². The molecule has 0 radical (unpaired) electrons. The largest absolute Gasteiger partial charge is 0.472 e. The molecule has 1 aliphatic carbocycles. The molecule has 390 valence electrons. The van der Waals surface area contributed by atoms with Gasteiger partial charge in [0.2, 0.25) is 5.91 Å². The topological polar surface area (TPSA) is 226 Å². The Labute approximate surface area is 401 Å². The van der Waals surface area contributed by atoms with E-state index in [2.05, 4.69) is 31.3 Å². The summed E-state index contributed by atoms with van der Waals surface area (Å²) in [4.78, 5) is 23.5. The van der Waals surface area contributed by atoms with Crippen molar-refractivity contribution in [1.29, 1.82) is 0 Å². The number of hydrogen-bond donors (Lipinski definition) is 9. The number of phosphoric acid groups is 1. The zero-order valence-electron chi connectivity index (χ0n) is 41.6. The van der Waals surface area contributed by atoms with Crippen LogP contribution in [0.2, 0.25) is 0 Å². The molecule has 8 unspecified atom stereocenters. The highest BCUT2D eigenvalue weighted by atomic mass is 31.2. The average molecular weight is 962 g/mol. The summed E-state index contributed by atoms with van der Waals surface area (Å²) >= 11 is 0. The molecule has 9 N–H and O–H groups in total. The Bertz CT molecular complexity index is 1230. The van der Waals surface area contributed by atoms with Crippen LogP contribution in [0.1, 0.15) is 239 Å². The van der Waals surface area contributed by atoms with Crippen molar-refractivity contribution in [2.24, 2.45) is 0 Å². The van der Waals surface area contributed by atoms with E-state index in [4.69, 9.17) is 9.05 Å². The van der Waals surface area contributed by atoms with Crippen LogP contribution < -0.4 is 5.32 Å². The lowest BCUT2D eigenvalue weighted by molar-refractivity contribution is -0.220. The SMILES string of the molecule is CCCCCCCCCCCCCC/C=C/CC/C=C/C(O)C(COP(=O)(O)OC1C(O)C(O)C(O)C(O)C1O)NC(=O)CC(O)CCCCCCCCCCCCCCCCCCCC. The molecule has 1 fully saturated rings. The number of rotatable bonds is 45. The van der Waals surface area contributed by atoms with Gasteiger partial charge in [-0.2, -0.15) is 0 Å². The molecule has 66 heavy (non-hydrogen) atoms. The monoisotopic (exact) mass is 962 g/mol. The van der Waals surface area contributed by atoms with Crippen molar-refractivity contribution in [3.05, 3.63) is 24.3 Å². The van der Waals surface area contributed by atoms with E-state index in [1.165, 1.54) is 167 Å². The number of unbranched alkanes of at least 4 members (excludes halogenated alkanes) is 30. The zero-order valence-corrected chi connectivity index (χ0v) is 42.5. The van der Waals surface area contributed by atoms with Crippen molar-refractivity contribution in [3.63, 3.8) is 0 Å². The summed E-state index contributed by atoms with van der Waals surface area (Å²) in [7, 11) is -5.15. The van der Waals surface area contributed by atoms with Gasteiger partial charge in [-0.3, -0.25) is 13.8 Å². The lowest BCUT2D eigenvalue weighted by atomic mass is 9.85. The minimum atomic E-state index is -5.15. The number of carbonyl (C=O) groups is 1. The van der Waals surface area contributed by atoms with Gasteiger partial charge in [0.05, 0.1) is 31.3 Å². The highest BCUT2D eigenvalue weighted by molar-refractivity contribution is 7.47. The van der Waals surface area contributed by atoms with E-state index in [0.29, 0.717) is 12.8 Å². The van der Waals surface area contributed by atoms with E-state index in [0.717, 1.165) is 44.9 Å². The minimum absolute atomic E-state index is 0.248. The van der Waals surface area contributed by atoms with Gasteiger partial charge in [-0.1, -0.05) is 224 Å².